The lowest BCUT2D eigenvalue weighted by Gasteiger charge is -2.20. The molecule has 0 atom stereocenters. The van der Waals surface area contributed by atoms with Crippen molar-refractivity contribution in [3.63, 3.8) is 0 Å². The van der Waals surface area contributed by atoms with Gasteiger partial charge in [0.1, 0.15) is 11.6 Å². The van der Waals surface area contributed by atoms with Crippen LogP contribution in [0.1, 0.15) is 13.8 Å². The molecule has 9 heteroatoms. The number of hydrogen-bond donors (Lipinski definition) is 3. The van der Waals surface area contributed by atoms with Crippen LogP contribution in [-0.4, -0.2) is 20.9 Å². The standard InChI is InChI=1S/C11H15F2N3O3S/c1-11(2,10(15)17)5-16-20(18,19)9-7(12)3-6(14)4-8(9)13/h3-4,16H,5,14H2,1-2H3,(H2,15,17). The van der Waals surface area contributed by atoms with Gasteiger partial charge in [0.2, 0.25) is 15.9 Å². The Morgan fingerprint density at radius 1 is 1.30 bits per heavy atom. The fourth-order valence-electron chi connectivity index (χ4n) is 1.27. The maximum atomic E-state index is 13.6. The Kier molecular flexibility index (Phi) is 4.35. The van der Waals surface area contributed by atoms with Crippen molar-refractivity contribution in [2.24, 2.45) is 11.1 Å². The molecular formula is C11H15F2N3O3S. The minimum Gasteiger partial charge on any atom is -0.399 e. The summed E-state index contributed by atoms with van der Waals surface area (Å²) < 4.78 is 52.8. The number of anilines is 1. The van der Waals surface area contributed by atoms with E-state index >= 15 is 0 Å². The van der Waals surface area contributed by atoms with Crippen LogP contribution < -0.4 is 16.2 Å². The van der Waals surface area contributed by atoms with Gasteiger partial charge in [-0.2, -0.15) is 0 Å². The zero-order valence-electron chi connectivity index (χ0n) is 10.9. The van der Waals surface area contributed by atoms with Gasteiger partial charge in [0.15, 0.2) is 4.90 Å². The molecular weight excluding hydrogens is 292 g/mol. The van der Waals surface area contributed by atoms with E-state index in [2.05, 4.69) is 0 Å². The minimum absolute atomic E-state index is 0.239. The lowest BCUT2D eigenvalue weighted by Crippen LogP contribution is -2.42. The highest BCUT2D eigenvalue weighted by atomic mass is 32.2. The molecule has 5 N–H and O–H groups in total. The molecule has 20 heavy (non-hydrogen) atoms. The van der Waals surface area contributed by atoms with E-state index < -0.39 is 44.4 Å². The maximum Gasteiger partial charge on any atom is 0.246 e. The second-order valence-corrected chi connectivity index (χ2v) is 6.59. The number of nitrogens with one attached hydrogen (secondary N) is 1. The van der Waals surface area contributed by atoms with Gasteiger partial charge in [-0.25, -0.2) is 21.9 Å². The molecule has 0 saturated heterocycles. The first-order valence-corrected chi connectivity index (χ1v) is 7.00. The van der Waals surface area contributed by atoms with E-state index in [1.807, 2.05) is 4.72 Å². The summed E-state index contributed by atoms with van der Waals surface area (Å²) in [5.74, 6) is -3.38. The number of halogens is 2. The largest absolute Gasteiger partial charge is 0.399 e. The van der Waals surface area contributed by atoms with E-state index in [9.17, 15) is 22.0 Å². The van der Waals surface area contributed by atoms with Crippen LogP contribution >= 0.6 is 0 Å². The first kappa shape index (κ1) is 16.3. The van der Waals surface area contributed by atoms with Crippen LogP contribution in [0.4, 0.5) is 14.5 Å². The first-order chi connectivity index (χ1) is 8.97. The first-order valence-electron chi connectivity index (χ1n) is 5.51. The fourth-order valence-corrected chi connectivity index (χ4v) is 2.60. The molecule has 1 rings (SSSR count). The average molecular weight is 307 g/mol. The molecule has 0 saturated carbocycles. The molecule has 0 spiro atoms. The van der Waals surface area contributed by atoms with Gasteiger partial charge in [-0.1, -0.05) is 0 Å². The number of amides is 1. The monoisotopic (exact) mass is 307 g/mol. The molecule has 0 fully saturated rings. The van der Waals surface area contributed by atoms with Crippen molar-refractivity contribution in [2.75, 3.05) is 12.3 Å². The number of sulfonamides is 1. The average Bonchev–Trinajstić information content (AvgIpc) is 2.24. The third-order valence-electron chi connectivity index (χ3n) is 2.66. The third-order valence-corrected chi connectivity index (χ3v) is 4.11. The van der Waals surface area contributed by atoms with Gasteiger partial charge >= 0.3 is 0 Å². The summed E-state index contributed by atoms with van der Waals surface area (Å²) in [6, 6.07) is 1.38. The Morgan fingerprint density at radius 2 is 1.75 bits per heavy atom. The highest BCUT2D eigenvalue weighted by molar-refractivity contribution is 7.89. The van der Waals surface area contributed by atoms with E-state index in [-0.39, 0.29) is 5.69 Å². The van der Waals surface area contributed by atoms with Crippen molar-refractivity contribution in [1.29, 1.82) is 0 Å². The summed E-state index contributed by atoms with van der Waals surface area (Å²) in [7, 11) is -4.47. The molecule has 0 aromatic heterocycles. The molecule has 0 heterocycles. The number of carbonyl (C=O) groups is 1. The second-order valence-electron chi connectivity index (χ2n) is 4.89. The maximum absolute atomic E-state index is 13.6. The van der Waals surface area contributed by atoms with Crippen molar-refractivity contribution < 1.29 is 22.0 Å². The van der Waals surface area contributed by atoms with Gasteiger partial charge < -0.3 is 11.5 Å². The van der Waals surface area contributed by atoms with Gasteiger partial charge in [0, 0.05) is 12.2 Å². The molecule has 0 aliphatic heterocycles. The predicted octanol–water partition coefficient (Wildman–Crippen LogP) is 0.337. The third kappa shape index (κ3) is 3.42. The molecule has 0 bridgehead atoms. The van der Waals surface area contributed by atoms with E-state index in [1.165, 1.54) is 13.8 Å². The molecule has 112 valence electrons. The molecule has 1 amide bonds. The van der Waals surface area contributed by atoms with Crippen LogP contribution in [0.25, 0.3) is 0 Å². The normalized spacial score (nSPS) is 12.4. The zero-order valence-corrected chi connectivity index (χ0v) is 11.7. The van der Waals surface area contributed by atoms with Crippen LogP contribution in [0.15, 0.2) is 17.0 Å². The van der Waals surface area contributed by atoms with Crippen LogP contribution in [-0.2, 0) is 14.8 Å². The summed E-state index contributed by atoms with van der Waals surface area (Å²) in [5, 5.41) is 0. The van der Waals surface area contributed by atoms with Crippen molar-refractivity contribution in [2.45, 2.75) is 18.7 Å². The lowest BCUT2D eigenvalue weighted by molar-refractivity contribution is -0.125. The predicted molar refractivity (Wildman–Crippen MR) is 68.9 cm³/mol. The Morgan fingerprint density at radius 3 is 2.15 bits per heavy atom. The van der Waals surface area contributed by atoms with Crippen molar-refractivity contribution in [1.82, 2.24) is 4.72 Å². The molecule has 1 aromatic rings. The molecule has 1 aromatic carbocycles. The van der Waals surface area contributed by atoms with Crippen LogP contribution in [0.3, 0.4) is 0 Å². The molecule has 0 unspecified atom stereocenters. The Bertz CT molecular complexity index is 621. The van der Waals surface area contributed by atoms with Gasteiger partial charge in [-0.3, -0.25) is 4.79 Å². The Hall–Kier alpha value is -1.74. The topological polar surface area (TPSA) is 115 Å². The number of nitrogens with two attached hydrogens (primary N) is 2. The Labute approximate surface area is 115 Å². The fraction of sp³-hybridized carbons (Fsp3) is 0.364. The van der Waals surface area contributed by atoms with Crippen molar-refractivity contribution in [3.05, 3.63) is 23.8 Å². The summed E-state index contributed by atoms with van der Waals surface area (Å²) in [6.07, 6.45) is 0. The van der Waals surface area contributed by atoms with Crippen LogP contribution in [0.2, 0.25) is 0 Å². The molecule has 0 aliphatic carbocycles. The second kappa shape index (κ2) is 5.33. The molecule has 0 aliphatic rings. The highest BCUT2D eigenvalue weighted by Crippen LogP contribution is 2.22. The number of benzene rings is 1. The number of carbonyl (C=O) groups excluding carboxylic acids is 1. The zero-order chi connectivity index (χ0) is 15.7. The smallest absolute Gasteiger partial charge is 0.246 e. The summed E-state index contributed by atoms with van der Waals surface area (Å²) in [4.78, 5) is 9.93. The summed E-state index contributed by atoms with van der Waals surface area (Å²) in [5.41, 5.74) is 8.84. The quantitative estimate of drug-likeness (QED) is 0.680. The van der Waals surface area contributed by atoms with Gasteiger partial charge in [0.25, 0.3) is 0 Å². The minimum atomic E-state index is -4.47. The van der Waals surface area contributed by atoms with E-state index in [0.29, 0.717) is 12.1 Å². The molecule has 6 nitrogen and oxygen atoms in total. The SMILES string of the molecule is CC(C)(CNS(=O)(=O)c1c(F)cc(N)cc1F)C(N)=O. The lowest BCUT2D eigenvalue weighted by atomic mass is 9.93. The van der Waals surface area contributed by atoms with Crippen LogP contribution in [0.5, 0.6) is 0 Å². The van der Waals surface area contributed by atoms with Gasteiger partial charge in [-0.15, -0.1) is 0 Å². The number of nitrogen functional groups attached to an aromatic ring is 1. The number of rotatable bonds is 5. The number of hydrogen-bond acceptors (Lipinski definition) is 4. The highest BCUT2D eigenvalue weighted by Gasteiger charge is 2.30. The van der Waals surface area contributed by atoms with E-state index in [0.717, 1.165) is 0 Å². The summed E-state index contributed by atoms with van der Waals surface area (Å²) in [6.45, 7) is 2.40. The Balaban J connectivity index is 3.11. The van der Waals surface area contributed by atoms with Crippen LogP contribution in [0, 0.1) is 17.0 Å². The van der Waals surface area contributed by atoms with Gasteiger partial charge in [-0.05, 0) is 26.0 Å². The summed E-state index contributed by atoms with van der Waals surface area (Å²) >= 11 is 0. The van der Waals surface area contributed by atoms with Crippen molar-refractivity contribution in [3.8, 4) is 0 Å². The molecule has 0 radical (unpaired) electrons. The number of primary amides is 1. The van der Waals surface area contributed by atoms with Crippen molar-refractivity contribution >= 4 is 21.6 Å². The van der Waals surface area contributed by atoms with E-state index in [1.54, 1.807) is 0 Å². The van der Waals surface area contributed by atoms with Gasteiger partial charge in [0.05, 0.1) is 5.41 Å². The van der Waals surface area contributed by atoms with E-state index in [4.69, 9.17) is 11.5 Å².